The fourth-order valence-corrected chi connectivity index (χ4v) is 3.08. The number of hydrogen-bond acceptors (Lipinski definition) is 4. The molecule has 0 amide bonds. The Balaban J connectivity index is 2.44. The molecule has 1 heterocycles. The molecule has 114 valence electrons. The molecule has 6 heteroatoms. The van der Waals surface area contributed by atoms with Crippen molar-refractivity contribution < 1.29 is 8.78 Å². The smallest absolute Gasteiger partial charge is 0.131 e. The molecule has 0 bridgehead atoms. The highest BCUT2D eigenvalue weighted by Crippen LogP contribution is 2.32. The van der Waals surface area contributed by atoms with Gasteiger partial charge in [0.2, 0.25) is 0 Å². The summed E-state index contributed by atoms with van der Waals surface area (Å²) in [5.41, 5.74) is 1.29. The lowest BCUT2D eigenvalue weighted by Crippen LogP contribution is -2.24. The predicted molar refractivity (Wildman–Crippen MR) is 80.5 cm³/mol. The van der Waals surface area contributed by atoms with Gasteiger partial charge in [-0.3, -0.25) is 0 Å². The lowest BCUT2D eigenvalue weighted by molar-refractivity contribution is 0.532. The predicted octanol–water partition coefficient (Wildman–Crippen LogP) is 4.03. The van der Waals surface area contributed by atoms with E-state index in [9.17, 15) is 8.78 Å². The number of nitrogens with one attached hydrogen (secondary N) is 1. The van der Waals surface area contributed by atoms with Crippen LogP contribution in [-0.4, -0.2) is 16.1 Å². The third-order valence-corrected chi connectivity index (χ3v) is 4.03. The molecule has 0 fully saturated rings. The Morgan fingerprint density at radius 2 is 2.05 bits per heavy atom. The van der Waals surface area contributed by atoms with E-state index in [1.807, 2.05) is 20.8 Å². The van der Waals surface area contributed by atoms with Crippen molar-refractivity contribution in [3.63, 3.8) is 0 Å². The molecule has 1 aromatic heterocycles. The Kier molecular flexibility index (Phi) is 5.36. The highest BCUT2D eigenvalue weighted by Gasteiger charge is 2.24. The first kappa shape index (κ1) is 16.0. The summed E-state index contributed by atoms with van der Waals surface area (Å²) in [5, 5.41) is 7.46. The van der Waals surface area contributed by atoms with Gasteiger partial charge in [-0.2, -0.15) is 0 Å². The summed E-state index contributed by atoms with van der Waals surface area (Å²) in [7, 11) is 0. The Labute approximate surface area is 127 Å². The average molecular weight is 311 g/mol. The van der Waals surface area contributed by atoms with Gasteiger partial charge < -0.3 is 5.32 Å². The molecule has 21 heavy (non-hydrogen) atoms. The van der Waals surface area contributed by atoms with Crippen LogP contribution < -0.4 is 5.32 Å². The Morgan fingerprint density at radius 1 is 1.29 bits per heavy atom. The number of hydrogen-bond donors (Lipinski definition) is 1. The molecule has 1 aromatic carbocycles. The van der Waals surface area contributed by atoms with E-state index in [0.29, 0.717) is 5.56 Å². The molecule has 2 aromatic rings. The van der Waals surface area contributed by atoms with Crippen LogP contribution in [0.5, 0.6) is 0 Å². The molecule has 0 saturated heterocycles. The number of rotatable bonds is 6. The molecule has 0 spiro atoms. The molecule has 1 N–H and O–H groups in total. The minimum Gasteiger partial charge on any atom is -0.305 e. The van der Waals surface area contributed by atoms with Crippen molar-refractivity contribution in [1.82, 2.24) is 14.9 Å². The van der Waals surface area contributed by atoms with Crippen LogP contribution >= 0.6 is 11.5 Å². The van der Waals surface area contributed by atoms with Crippen molar-refractivity contribution >= 4 is 11.5 Å². The van der Waals surface area contributed by atoms with Gasteiger partial charge in [0.05, 0.1) is 16.6 Å². The Bertz CT molecular complexity index is 598. The lowest BCUT2D eigenvalue weighted by atomic mass is 9.99. The number of benzene rings is 1. The van der Waals surface area contributed by atoms with E-state index >= 15 is 0 Å². The van der Waals surface area contributed by atoms with Crippen molar-refractivity contribution in [2.24, 2.45) is 0 Å². The first-order chi connectivity index (χ1) is 10.0. The monoisotopic (exact) mass is 311 g/mol. The third-order valence-electron chi connectivity index (χ3n) is 3.22. The maximum absolute atomic E-state index is 14.1. The van der Waals surface area contributed by atoms with E-state index < -0.39 is 11.6 Å². The van der Waals surface area contributed by atoms with E-state index in [2.05, 4.69) is 14.9 Å². The van der Waals surface area contributed by atoms with Crippen LogP contribution in [0.15, 0.2) is 18.2 Å². The standard InChI is InChI=1S/C15H19F2N3S/c1-4-7-18-14(11-6-5-10(16)8-12(11)17)15-13(9(2)3)19-20-21-15/h5-6,8-9,14,18H,4,7H2,1-3H3. The summed E-state index contributed by atoms with van der Waals surface area (Å²) in [6.45, 7) is 6.83. The zero-order chi connectivity index (χ0) is 15.4. The summed E-state index contributed by atoms with van der Waals surface area (Å²) >= 11 is 1.26. The number of aromatic nitrogens is 2. The van der Waals surface area contributed by atoms with Gasteiger partial charge in [0.25, 0.3) is 0 Å². The minimum absolute atomic E-state index is 0.202. The molecule has 1 atom stereocenters. The van der Waals surface area contributed by atoms with Crippen LogP contribution in [0, 0.1) is 11.6 Å². The van der Waals surface area contributed by atoms with Gasteiger partial charge in [0.1, 0.15) is 11.6 Å². The Hall–Kier alpha value is -1.40. The van der Waals surface area contributed by atoms with Crippen LogP contribution in [-0.2, 0) is 0 Å². The third kappa shape index (κ3) is 3.63. The number of halogens is 2. The highest BCUT2D eigenvalue weighted by molar-refractivity contribution is 7.05. The summed E-state index contributed by atoms with van der Waals surface area (Å²) in [6, 6.07) is 3.34. The first-order valence-corrected chi connectivity index (χ1v) is 7.82. The molecule has 1 unspecified atom stereocenters. The summed E-state index contributed by atoms with van der Waals surface area (Å²) in [5.74, 6) is -0.920. The number of nitrogens with zero attached hydrogens (tertiary/aromatic N) is 2. The zero-order valence-corrected chi connectivity index (χ0v) is 13.2. The van der Waals surface area contributed by atoms with E-state index in [1.54, 1.807) is 0 Å². The highest BCUT2D eigenvalue weighted by atomic mass is 32.1. The van der Waals surface area contributed by atoms with Crippen LogP contribution in [0.1, 0.15) is 55.3 Å². The molecular formula is C15H19F2N3S. The molecular weight excluding hydrogens is 292 g/mol. The molecule has 0 aliphatic carbocycles. The quantitative estimate of drug-likeness (QED) is 0.875. The molecule has 0 aliphatic heterocycles. The SMILES string of the molecule is CCCNC(c1ccc(F)cc1F)c1snnc1C(C)C. The minimum atomic E-state index is -0.572. The van der Waals surface area contributed by atoms with Crippen molar-refractivity contribution in [1.29, 1.82) is 0 Å². The van der Waals surface area contributed by atoms with Gasteiger partial charge in [-0.25, -0.2) is 8.78 Å². The van der Waals surface area contributed by atoms with E-state index in [0.717, 1.165) is 29.6 Å². The maximum Gasteiger partial charge on any atom is 0.131 e. The van der Waals surface area contributed by atoms with Gasteiger partial charge in [0.15, 0.2) is 0 Å². The van der Waals surface area contributed by atoms with Crippen LogP contribution in [0.25, 0.3) is 0 Å². The van der Waals surface area contributed by atoms with E-state index in [4.69, 9.17) is 0 Å². The first-order valence-electron chi connectivity index (χ1n) is 7.05. The van der Waals surface area contributed by atoms with Crippen LogP contribution in [0.4, 0.5) is 8.78 Å². The normalized spacial score (nSPS) is 12.9. The molecule has 0 aliphatic rings. The van der Waals surface area contributed by atoms with Crippen molar-refractivity contribution in [3.05, 3.63) is 46.0 Å². The fourth-order valence-electron chi connectivity index (χ4n) is 2.17. The maximum atomic E-state index is 14.1. The van der Waals surface area contributed by atoms with Gasteiger partial charge in [-0.1, -0.05) is 31.3 Å². The second kappa shape index (κ2) is 7.04. The van der Waals surface area contributed by atoms with Gasteiger partial charge in [0, 0.05) is 11.6 Å². The molecule has 2 rings (SSSR count). The van der Waals surface area contributed by atoms with Crippen LogP contribution in [0.2, 0.25) is 0 Å². The fraction of sp³-hybridized carbons (Fsp3) is 0.467. The second-order valence-electron chi connectivity index (χ2n) is 5.23. The Morgan fingerprint density at radius 3 is 2.67 bits per heavy atom. The zero-order valence-electron chi connectivity index (χ0n) is 12.4. The van der Waals surface area contributed by atoms with Gasteiger partial charge in [-0.15, -0.1) is 5.10 Å². The van der Waals surface area contributed by atoms with Gasteiger partial charge >= 0.3 is 0 Å². The lowest BCUT2D eigenvalue weighted by Gasteiger charge is -2.19. The summed E-state index contributed by atoms with van der Waals surface area (Å²) in [4.78, 5) is 0.893. The molecule has 3 nitrogen and oxygen atoms in total. The summed E-state index contributed by atoms with van der Waals surface area (Å²) < 4.78 is 31.3. The molecule has 0 saturated carbocycles. The van der Waals surface area contributed by atoms with Crippen molar-refractivity contribution in [2.45, 2.75) is 39.2 Å². The van der Waals surface area contributed by atoms with Crippen LogP contribution in [0.3, 0.4) is 0 Å². The largest absolute Gasteiger partial charge is 0.305 e. The van der Waals surface area contributed by atoms with E-state index in [-0.39, 0.29) is 12.0 Å². The van der Waals surface area contributed by atoms with E-state index in [1.165, 1.54) is 23.7 Å². The topological polar surface area (TPSA) is 37.8 Å². The average Bonchev–Trinajstić information content (AvgIpc) is 2.90. The summed E-state index contributed by atoms with van der Waals surface area (Å²) in [6.07, 6.45) is 0.919. The van der Waals surface area contributed by atoms with Gasteiger partial charge in [-0.05, 0) is 36.5 Å². The second-order valence-corrected chi connectivity index (χ2v) is 6.02. The van der Waals surface area contributed by atoms with Crippen molar-refractivity contribution in [3.8, 4) is 0 Å². The molecule has 0 radical (unpaired) electrons. The van der Waals surface area contributed by atoms with Crippen molar-refractivity contribution in [2.75, 3.05) is 6.54 Å².